The van der Waals surface area contributed by atoms with E-state index in [0.29, 0.717) is 5.89 Å². The first kappa shape index (κ1) is 10.6. The van der Waals surface area contributed by atoms with E-state index in [-0.39, 0.29) is 5.75 Å². The second-order valence-electron chi connectivity index (χ2n) is 3.90. The third kappa shape index (κ3) is 1.76. The van der Waals surface area contributed by atoms with E-state index in [1.165, 1.54) is 6.26 Å². The monoisotopic (exact) mass is 237 g/mol. The third-order valence-corrected chi connectivity index (χ3v) is 2.77. The highest BCUT2D eigenvalue weighted by Crippen LogP contribution is 2.37. The first-order valence-corrected chi connectivity index (χ1v) is 5.63. The van der Waals surface area contributed by atoms with E-state index in [4.69, 9.17) is 4.42 Å². The van der Waals surface area contributed by atoms with Crippen molar-refractivity contribution >= 4 is 0 Å². The van der Waals surface area contributed by atoms with Gasteiger partial charge < -0.3 is 9.52 Å². The van der Waals surface area contributed by atoms with E-state index in [2.05, 4.69) is 4.98 Å². The Balaban J connectivity index is 2.25. The molecule has 0 amide bonds. The Bertz CT molecular complexity index is 646. The first-order chi connectivity index (χ1) is 8.86. The third-order valence-electron chi connectivity index (χ3n) is 2.77. The molecule has 0 bridgehead atoms. The van der Waals surface area contributed by atoms with Crippen LogP contribution in [0.3, 0.4) is 0 Å². The van der Waals surface area contributed by atoms with Crippen LogP contribution in [0.15, 0.2) is 65.4 Å². The maximum absolute atomic E-state index is 10.1. The molecular formula is C15H11NO2. The number of hydrogen-bond donors (Lipinski definition) is 1. The largest absolute Gasteiger partial charge is 0.507 e. The number of aromatic hydroxyl groups is 1. The highest BCUT2D eigenvalue weighted by atomic mass is 16.3. The molecule has 18 heavy (non-hydrogen) atoms. The Morgan fingerprint density at radius 1 is 0.944 bits per heavy atom. The lowest BCUT2D eigenvalue weighted by Crippen LogP contribution is -1.85. The number of hydrogen-bond acceptors (Lipinski definition) is 3. The minimum atomic E-state index is 0.219. The van der Waals surface area contributed by atoms with Crippen LogP contribution in [0.4, 0.5) is 0 Å². The summed E-state index contributed by atoms with van der Waals surface area (Å²) >= 11 is 0. The topological polar surface area (TPSA) is 46.3 Å². The van der Waals surface area contributed by atoms with Crippen molar-refractivity contribution in [1.82, 2.24) is 4.98 Å². The molecule has 3 nitrogen and oxygen atoms in total. The summed E-state index contributed by atoms with van der Waals surface area (Å²) in [5.41, 5.74) is 2.45. The molecule has 0 saturated heterocycles. The fourth-order valence-electron chi connectivity index (χ4n) is 1.98. The Morgan fingerprint density at radius 2 is 1.78 bits per heavy atom. The summed E-state index contributed by atoms with van der Waals surface area (Å²) in [5.74, 6) is 0.724. The predicted molar refractivity (Wildman–Crippen MR) is 69.0 cm³/mol. The van der Waals surface area contributed by atoms with Crippen molar-refractivity contribution in [1.29, 1.82) is 0 Å². The molecular weight excluding hydrogens is 226 g/mol. The fraction of sp³-hybridized carbons (Fsp3) is 0. The molecule has 0 aliphatic carbocycles. The maximum atomic E-state index is 10.1. The summed E-state index contributed by atoms with van der Waals surface area (Å²) in [6.07, 6.45) is 3.11. The minimum Gasteiger partial charge on any atom is -0.507 e. The van der Waals surface area contributed by atoms with E-state index in [1.54, 1.807) is 18.3 Å². The first-order valence-electron chi connectivity index (χ1n) is 5.63. The molecule has 1 aromatic heterocycles. The van der Waals surface area contributed by atoms with Gasteiger partial charge in [-0.05, 0) is 17.7 Å². The second-order valence-corrected chi connectivity index (χ2v) is 3.90. The van der Waals surface area contributed by atoms with Gasteiger partial charge in [0.15, 0.2) is 0 Å². The highest BCUT2D eigenvalue weighted by Gasteiger charge is 2.14. The molecule has 1 heterocycles. The summed E-state index contributed by atoms with van der Waals surface area (Å²) in [6, 6.07) is 15.0. The standard InChI is InChI=1S/C15H11NO2/c17-13-8-4-7-12(15-16-9-10-18-15)14(13)11-5-2-1-3-6-11/h1-10,17H. The summed E-state index contributed by atoms with van der Waals surface area (Å²) in [6.45, 7) is 0. The summed E-state index contributed by atoms with van der Waals surface area (Å²) in [7, 11) is 0. The predicted octanol–water partition coefficient (Wildman–Crippen LogP) is 3.71. The van der Waals surface area contributed by atoms with Crippen LogP contribution in [0.25, 0.3) is 22.6 Å². The summed E-state index contributed by atoms with van der Waals surface area (Å²) in [4.78, 5) is 4.14. The lowest BCUT2D eigenvalue weighted by atomic mass is 9.98. The lowest BCUT2D eigenvalue weighted by molar-refractivity contribution is 0.477. The van der Waals surface area contributed by atoms with E-state index >= 15 is 0 Å². The Morgan fingerprint density at radius 3 is 2.50 bits per heavy atom. The normalized spacial score (nSPS) is 10.4. The highest BCUT2D eigenvalue weighted by molar-refractivity contribution is 5.84. The number of nitrogens with zero attached hydrogens (tertiary/aromatic N) is 1. The number of aromatic nitrogens is 1. The Labute approximate surface area is 104 Å². The van der Waals surface area contributed by atoms with Crippen molar-refractivity contribution in [2.24, 2.45) is 0 Å². The van der Waals surface area contributed by atoms with E-state index in [1.807, 2.05) is 36.4 Å². The van der Waals surface area contributed by atoms with E-state index in [0.717, 1.165) is 16.7 Å². The van der Waals surface area contributed by atoms with Crippen LogP contribution in [-0.2, 0) is 0 Å². The van der Waals surface area contributed by atoms with Gasteiger partial charge in [-0.25, -0.2) is 4.98 Å². The zero-order valence-electron chi connectivity index (χ0n) is 9.58. The van der Waals surface area contributed by atoms with Crippen molar-refractivity contribution in [3.63, 3.8) is 0 Å². The van der Waals surface area contributed by atoms with Gasteiger partial charge in [0, 0.05) is 11.1 Å². The van der Waals surface area contributed by atoms with Crippen LogP contribution < -0.4 is 0 Å². The molecule has 0 fully saturated rings. The Kier molecular flexibility index (Phi) is 2.57. The van der Waals surface area contributed by atoms with Crippen LogP contribution in [0.5, 0.6) is 5.75 Å². The molecule has 0 spiro atoms. The fourth-order valence-corrected chi connectivity index (χ4v) is 1.98. The zero-order chi connectivity index (χ0) is 12.4. The number of benzene rings is 2. The number of oxazole rings is 1. The van der Waals surface area contributed by atoms with E-state index in [9.17, 15) is 5.11 Å². The van der Waals surface area contributed by atoms with Crippen LogP contribution in [0.1, 0.15) is 0 Å². The average Bonchev–Trinajstić information content (AvgIpc) is 2.93. The van der Waals surface area contributed by atoms with Gasteiger partial charge in [0.25, 0.3) is 0 Å². The molecule has 88 valence electrons. The molecule has 0 unspecified atom stereocenters. The number of phenolic OH excluding ortho intramolecular Hbond substituents is 1. The smallest absolute Gasteiger partial charge is 0.226 e. The minimum absolute atomic E-state index is 0.219. The van der Waals surface area contributed by atoms with Crippen LogP contribution >= 0.6 is 0 Å². The lowest BCUT2D eigenvalue weighted by Gasteiger charge is -2.09. The molecule has 3 rings (SSSR count). The van der Waals surface area contributed by atoms with Crippen LogP contribution in [0.2, 0.25) is 0 Å². The summed E-state index contributed by atoms with van der Waals surface area (Å²) < 4.78 is 5.31. The van der Waals surface area contributed by atoms with Gasteiger partial charge in [0.2, 0.25) is 5.89 Å². The van der Waals surface area contributed by atoms with Crippen LogP contribution in [0, 0.1) is 0 Å². The van der Waals surface area contributed by atoms with Gasteiger partial charge in [-0.15, -0.1) is 0 Å². The van der Waals surface area contributed by atoms with Crippen molar-refractivity contribution in [3.8, 4) is 28.3 Å². The molecule has 2 aromatic carbocycles. The molecule has 0 saturated carbocycles. The van der Waals surface area contributed by atoms with Gasteiger partial charge in [-0.2, -0.15) is 0 Å². The molecule has 3 aromatic rings. The average molecular weight is 237 g/mol. The van der Waals surface area contributed by atoms with Crippen molar-refractivity contribution in [2.75, 3.05) is 0 Å². The van der Waals surface area contributed by atoms with Crippen molar-refractivity contribution < 1.29 is 9.52 Å². The number of phenols is 1. The number of rotatable bonds is 2. The molecule has 3 heteroatoms. The Hall–Kier alpha value is -2.55. The maximum Gasteiger partial charge on any atom is 0.226 e. The van der Waals surface area contributed by atoms with Crippen LogP contribution in [-0.4, -0.2) is 10.1 Å². The molecule has 0 aliphatic heterocycles. The second kappa shape index (κ2) is 4.37. The molecule has 0 radical (unpaired) electrons. The van der Waals surface area contributed by atoms with Gasteiger partial charge in [-0.1, -0.05) is 36.4 Å². The van der Waals surface area contributed by atoms with Gasteiger partial charge in [0.1, 0.15) is 12.0 Å². The van der Waals surface area contributed by atoms with Gasteiger partial charge >= 0.3 is 0 Å². The van der Waals surface area contributed by atoms with Gasteiger partial charge in [-0.3, -0.25) is 0 Å². The zero-order valence-corrected chi connectivity index (χ0v) is 9.58. The molecule has 1 N–H and O–H groups in total. The molecule has 0 aliphatic rings. The van der Waals surface area contributed by atoms with E-state index < -0.39 is 0 Å². The summed E-state index contributed by atoms with van der Waals surface area (Å²) in [5, 5.41) is 10.1. The quantitative estimate of drug-likeness (QED) is 0.739. The molecule has 0 atom stereocenters. The SMILES string of the molecule is Oc1cccc(-c2ncco2)c1-c1ccccc1. The van der Waals surface area contributed by atoms with Crippen molar-refractivity contribution in [3.05, 3.63) is 61.0 Å². The van der Waals surface area contributed by atoms with Crippen molar-refractivity contribution in [2.45, 2.75) is 0 Å². The van der Waals surface area contributed by atoms with Gasteiger partial charge in [0.05, 0.1) is 6.20 Å².